The Morgan fingerprint density at radius 3 is 2.68 bits per heavy atom. The first-order valence-corrected chi connectivity index (χ1v) is 7.87. The van der Waals surface area contributed by atoms with Gasteiger partial charge in [0, 0.05) is 19.1 Å². The van der Waals surface area contributed by atoms with Gasteiger partial charge in [-0.2, -0.15) is 0 Å². The Bertz CT molecular complexity index is 606. The van der Waals surface area contributed by atoms with E-state index in [1.54, 1.807) is 12.1 Å². The molecule has 2 aromatic rings. The summed E-state index contributed by atoms with van der Waals surface area (Å²) < 4.78 is 15.8. The van der Waals surface area contributed by atoms with E-state index in [9.17, 15) is 4.39 Å². The molecule has 2 aromatic carbocycles. The third-order valence-electron chi connectivity index (χ3n) is 2.81. The molecule has 1 unspecified atom stereocenters. The smallest absolute Gasteiger partial charge is 0.127 e. The molecule has 0 heterocycles. The standard InChI is InChI=1S/C14H11BrClFIN/c15-9-2-4-13(18)11(6-9)14(19)5-8-1-3-10(16)7-12(8)17/h1-4,6-7,14H,5,19H2. The van der Waals surface area contributed by atoms with Crippen LogP contribution in [0, 0.1) is 9.39 Å². The van der Waals surface area contributed by atoms with E-state index in [0.717, 1.165) is 13.6 Å². The fourth-order valence-electron chi connectivity index (χ4n) is 1.83. The quantitative estimate of drug-likeness (QED) is 0.643. The maximum atomic E-state index is 13.8. The fraction of sp³-hybridized carbons (Fsp3) is 0.143. The average molecular weight is 455 g/mol. The molecule has 100 valence electrons. The Kier molecular flexibility index (Phi) is 5.22. The Balaban J connectivity index is 2.25. The molecule has 0 aliphatic carbocycles. The number of benzene rings is 2. The molecular formula is C14H11BrClFIN. The lowest BCUT2D eigenvalue weighted by Crippen LogP contribution is -2.15. The number of hydrogen-bond donors (Lipinski definition) is 1. The molecule has 0 aliphatic heterocycles. The van der Waals surface area contributed by atoms with Crippen molar-refractivity contribution in [2.75, 3.05) is 0 Å². The predicted octanol–water partition coefficient (Wildman–Crippen LogP) is 5.09. The summed E-state index contributed by atoms with van der Waals surface area (Å²) in [5.74, 6) is -0.312. The minimum Gasteiger partial charge on any atom is -0.324 e. The number of nitrogens with two attached hydrogens (primary N) is 1. The highest BCUT2D eigenvalue weighted by atomic mass is 127. The molecule has 2 N–H and O–H groups in total. The molecule has 19 heavy (non-hydrogen) atoms. The Hall–Kier alpha value is -0.170. The zero-order chi connectivity index (χ0) is 14.0. The summed E-state index contributed by atoms with van der Waals surface area (Å²) in [6.07, 6.45) is 0.440. The minimum absolute atomic E-state index is 0.250. The second-order valence-electron chi connectivity index (χ2n) is 4.21. The maximum absolute atomic E-state index is 13.8. The zero-order valence-electron chi connectivity index (χ0n) is 9.84. The molecule has 1 nitrogen and oxygen atoms in total. The van der Waals surface area contributed by atoms with Gasteiger partial charge >= 0.3 is 0 Å². The van der Waals surface area contributed by atoms with Crippen LogP contribution in [0.5, 0.6) is 0 Å². The fourth-order valence-corrected chi connectivity index (χ4v) is 3.11. The van der Waals surface area contributed by atoms with Crippen LogP contribution >= 0.6 is 50.1 Å². The van der Waals surface area contributed by atoms with Crippen molar-refractivity contribution in [3.8, 4) is 0 Å². The molecule has 2 rings (SSSR count). The first-order chi connectivity index (χ1) is 8.97. The van der Waals surface area contributed by atoms with E-state index in [2.05, 4.69) is 38.5 Å². The molecule has 0 aliphatic rings. The van der Waals surface area contributed by atoms with E-state index in [1.165, 1.54) is 6.07 Å². The predicted molar refractivity (Wildman–Crippen MR) is 88.9 cm³/mol. The number of hydrogen-bond acceptors (Lipinski definition) is 1. The third-order valence-corrected chi connectivity index (χ3v) is 4.52. The third kappa shape index (κ3) is 3.90. The van der Waals surface area contributed by atoms with Crippen LogP contribution in [0.3, 0.4) is 0 Å². The van der Waals surface area contributed by atoms with Crippen LogP contribution in [0.1, 0.15) is 17.2 Å². The molecular weight excluding hydrogens is 443 g/mol. The number of rotatable bonds is 3. The highest BCUT2D eigenvalue weighted by molar-refractivity contribution is 14.1. The van der Waals surface area contributed by atoms with Crippen molar-refractivity contribution in [1.82, 2.24) is 0 Å². The Labute approximate surface area is 138 Å². The van der Waals surface area contributed by atoms with Crippen LogP contribution < -0.4 is 5.73 Å². The van der Waals surface area contributed by atoms with Gasteiger partial charge in [0.05, 0.1) is 0 Å². The van der Waals surface area contributed by atoms with Gasteiger partial charge in [0.15, 0.2) is 0 Å². The van der Waals surface area contributed by atoms with E-state index in [1.807, 2.05) is 18.2 Å². The topological polar surface area (TPSA) is 26.0 Å². The summed E-state index contributed by atoms with van der Waals surface area (Å²) in [5.41, 5.74) is 7.76. The Morgan fingerprint density at radius 2 is 2.00 bits per heavy atom. The Morgan fingerprint density at radius 1 is 1.26 bits per heavy atom. The molecule has 0 spiro atoms. The van der Waals surface area contributed by atoms with Gasteiger partial charge < -0.3 is 5.73 Å². The van der Waals surface area contributed by atoms with Gasteiger partial charge in [-0.3, -0.25) is 0 Å². The largest absolute Gasteiger partial charge is 0.324 e. The summed E-state index contributed by atoms with van der Waals surface area (Å²) >= 11 is 11.4. The minimum atomic E-state index is -0.312. The van der Waals surface area contributed by atoms with Crippen molar-refractivity contribution in [2.45, 2.75) is 12.5 Å². The van der Waals surface area contributed by atoms with Crippen molar-refractivity contribution < 1.29 is 4.39 Å². The lowest BCUT2D eigenvalue weighted by Gasteiger charge is -2.15. The van der Waals surface area contributed by atoms with Crippen molar-refractivity contribution in [2.24, 2.45) is 5.73 Å². The first kappa shape index (κ1) is 15.2. The molecule has 0 fully saturated rings. The highest BCUT2D eigenvalue weighted by Crippen LogP contribution is 2.26. The van der Waals surface area contributed by atoms with Crippen LogP contribution in [-0.2, 0) is 6.42 Å². The summed E-state index contributed by atoms with van der Waals surface area (Å²) in [6, 6.07) is 10.3. The summed E-state index contributed by atoms with van der Waals surface area (Å²) in [7, 11) is 0. The zero-order valence-corrected chi connectivity index (χ0v) is 14.3. The van der Waals surface area contributed by atoms with Crippen molar-refractivity contribution in [3.05, 3.63) is 66.4 Å². The van der Waals surface area contributed by atoms with Crippen molar-refractivity contribution >= 4 is 50.1 Å². The van der Waals surface area contributed by atoms with Crippen LogP contribution in [0.25, 0.3) is 0 Å². The maximum Gasteiger partial charge on any atom is 0.127 e. The normalized spacial score (nSPS) is 12.5. The van der Waals surface area contributed by atoms with Gasteiger partial charge in [-0.25, -0.2) is 4.39 Å². The van der Waals surface area contributed by atoms with Gasteiger partial charge in [0.25, 0.3) is 0 Å². The van der Waals surface area contributed by atoms with Crippen molar-refractivity contribution in [1.29, 1.82) is 0 Å². The van der Waals surface area contributed by atoms with Crippen LogP contribution in [0.2, 0.25) is 5.02 Å². The molecule has 1 atom stereocenters. The molecule has 0 aromatic heterocycles. The molecule has 0 saturated heterocycles. The second-order valence-corrected chi connectivity index (χ2v) is 6.73. The van der Waals surface area contributed by atoms with E-state index < -0.39 is 0 Å². The van der Waals surface area contributed by atoms with Gasteiger partial charge in [-0.1, -0.05) is 33.6 Å². The van der Waals surface area contributed by atoms with Gasteiger partial charge in [-0.05, 0) is 70.5 Å². The molecule has 0 radical (unpaired) electrons. The van der Waals surface area contributed by atoms with E-state index in [4.69, 9.17) is 17.3 Å². The summed E-state index contributed by atoms with van der Waals surface area (Å²) in [5, 5.41) is 0.395. The van der Waals surface area contributed by atoms with Gasteiger partial charge in [0.2, 0.25) is 0 Å². The van der Waals surface area contributed by atoms with E-state index in [-0.39, 0.29) is 11.9 Å². The molecule has 0 bridgehead atoms. The lowest BCUT2D eigenvalue weighted by molar-refractivity contribution is 0.593. The molecule has 0 amide bonds. The lowest BCUT2D eigenvalue weighted by atomic mass is 9.99. The van der Waals surface area contributed by atoms with E-state index in [0.29, 0.717) is 17.0 Å². The van der Waals surface area contributed by atoms with Gasteiger partial charge in [-0.15, -0.1) is 0 Å². The average Bonchev–Trinajstić information content (AvgIpc) is 2.35. The highest BCUT2D eigenvalue weighted by Gasteiger charge is 2.13. The van der Waals surface area contributed by atoms with Crippen molar-refractivity contribution in [3.63, 3.8) is 0 Å². The van der Waals surface area contributed by atoms with Crippen LogP contribution in [0.4, 0.5) is 4.39 Å². The van der Waals surface area contributed by atoms with Crippen LogP contribution in [0.15, 0.2) is 40.9 Å². The second kappa shape index (κ2) is 6.52. The number of halogens is 4. The van der Waals surface area contributed by atoms with Gasteiger partial charge in [0.1, 0.15) is 5.82 Å². The first-order valence-electron chi connectivity index (χ1n) is 5.62. The molecule has 5 heteroatoms. The SMILES string of the molecule is NC(Cc1ccc(Cl)cc1F)c1cc(Br)ccc1I. The summed E-state index contributed by atoms with van der Waals surface area (Å²) in [6.45, 7) is 0. The summed E-state index contributed by atoms with van der Waals surface area (Å²) in [4.78, 5) is 0. The van der Waals surface area contributed by atoms with Crippen LogP contribution in [-0.4, -0.2) is 0 Å². The molecule has 0 saturated carbocycles. The monoisotopic (exact) mass is 453 g/mol. The van der Waals surface area contributed by atoms with E-state index >= 15 is 0 Å².